The first kappa shape index (κ1) is 13.6. The first-order valence-electron chi connectivity index (χ1n) is 7.43. The second-order valence-electron chi connectivity index (χ2n) is 5.99. The molecule has 1 N–H and O–H groups in total. The summed E-state index contributed by atoms with van der Waals surface area (Å²) in [5.74, 6) is 1.71. The van der Waals surface area contributed by atoms with E-state index in [0.29, 0.717) is 6.04 Å². The summed E-state index contributed by atoms with van der Waals surface area (Å²) in [7, 11) is 0. The van der Waals surface area contributed by atoms with Crippen molar-refractivity contribution in [2.75, 3.05) is 0 Å². The molecule has 102 valence electrons. The van der Waals surface area contributed by atoms with Crippen LogP contribution in [0.4, 0.5) is 0 Å². The molecule has 1 aliphatic rings. The first-order valence-corrected chi connectivity index (χ1v) is 7.43. The van der Waals surface area contributed by atoms with Crippen LogP contribution in [0.25, 0.3) is 0 Å². The van der Waals surface area contributed by atoms with E-state index in [9.17, 15) is 0 Å². The minimum Gasteiger partial charge on any atom is -0.310 e. The van der Waals surface area contributed by atoms with Crippen molar-refractivity contribution in [2.24, 2.45) is 11.8 Å². The Morgan fingerprint density at radius 2 is 2.22 bits per heavy atom. The molecule has 0 bridgehead atoms. The molecule has 0 saturated heterocycles. The maximum Gasteiger partial charge on any atom is 0.0534 e. The van der Waals surface area contributed by atoms with Crippen LogP contribution in [0.3, 0.4) is 0 Å². The zero-order chi connectivity index (χ0) is 13.0. The molecule has 1 aliphatic carbocycles. The lowest BCUT2D eigenvalue weighted by atomic mass is 9.80. The highest BCUT2D eigenvalue weighted by Crippen LogP contribution is 2.28. The number of nitrogens with one attached hydrogen (secondary N) is 1. The molecule has 0 amide bonds. The van der Waals surface area contributed by atoms with Gasteiger partial charge < -0.3 is 5.32 Å². The second kappa shape index (κ2) is 6.37. The highest BCUT2D eigenvalue weighted by atomic mass is 15.3. The summed E-state index contributed by atoms with van der Waals surface area (Å²) in [6.45, 7) is 8.93. The normalized spacial score (nSPS) is 28.5. The van der Waals surface area contributed by atoms with Gasteiger partial charge in [0.05, 0.1) is 6.20 Å². The number of aromatic nitrogens is 2. The lowest BCUT2D eigenvalue weighted by Crippen LogP contribution is -2.38. The first-order chi connectivity index (χ1) is 8.69. The van der Waals surface area contributed by atoms with Gasteiger partial charge in [0.2, 0.25) is 0 Å². The fraction of sp³-hybridized carbons (Fsp3) is 0.800. The smallest absolute Gasteiger partial charge is 0.0534 e. The van der Waals surface area contributed by atoms with Gasteiger partial charge in [0, 0.05) is 30.9 Å². The van der Waals surface area contributed by atoms with Crippen LogP contribution < -0.4 is 5.32 Å². The van der Waals surface area contributed by atoms with Gasteiger partial charge in [0.15, 0.2) is 0 Å². The predicted octanol–water partition coefficient (Wildman–Crippen LogP) is 3.21. The molecule has 1 fully saturated rings. The second-order valence-corrected chi connectivity index (χ2v) is 5.99. The largest absolute Gasteiger partial charge is 0.310 e. The average molecular weight is 249 g/mol. The highest BCUT2D eigenvalue weighted by molar-refractivity contribution is 5.03. The van der Waals surface area contributed by atoms with E-state index in [2.05, 4.69) is 37.4 Å². The minimum absolute atomic E-state index is 0.690. The predicted molar refractivity (Wildman–Crippen MR) is 75.3 cm³/mol. The zero-order valence-corrected chi connectivity index (χ0v) is 12.0. The fourth-order valence-corrected chi connectivity index (χ4v) is 3.07. The van der Waals surface area contributed by atoms with Gasteiger partial charge in [-0.1, -0.05) is 20.8 Å². The van der Waals surface area contributed by atoms with Crippen molar-refractivity contribution in [3.63, 3.8) is 0 Å². The summed E-state index contributed by atoms with van der Waals surface area (Å²) in [6, 6.07) is 0.690. The van der Waals surface area contributed by atoms with Crippen LogP contribution in [-0.4, -0.2) is 15.8 Å². The average Bonchev–Trinajstić information content (AvgIpc) is 2.76. The van der Waals surface area contributed by atoms with E-state index in [1.54, 1.807) is 0 Å². The molecular weight excluding hydrogens is 222 g/mol. The topological polar surface area (TPSA) is 29.9 Å². The molecule has 1 aromatic rings. The van der Waals surface area contributed by atoms with Gasteiger partial charge in [-0.2, -0.15) is 5.10 Å². The quantitative estimate of drug-likeness (QED) is 0.868. The van der Waals surface area contributed by atoms with Crippen molar-refractivity contribution < 1.29 is 0 Å². The van der Waals surface area contributed by atoms with Gasteiger partial charge >= 0.3 is 0 Å². The lowest BCUT2D eigenvalue weighted by Gasteiger charge is -2.33. The van der Waals surface area contributed by atoms with Gasteiger partial charge in [-0.3, -0.25) is 4.68 Å². The van der Waals surface area contributed by atoms with E-state index in [1.165, 1.54) is 24.8 Å². The van der Waals surface area contributed by atoms with E-state index in [0.717, 1.165) is 31.3 Å². The Labute approximate surface area is 111 Å². The monoisotopic (exact) mass is 249 g/mol. The van der Waals surface area contributed by atoms with Crippen LogP contribution in [-0.2, 0) is 13.1 Å². The van der Waals surface area contributed by atoms with Gasteiger partial charge in [-0.15, -0.1) is 0 Å². The van der Waals surface area contributed by atoms with Gasteiger partial charge in [-0.25, -0.2) is 0 Å². The van der Waals surface area contributed by atoms with Crippen LogP contribution in [0.5, 0.6) is 0 Å². The summed E-state index contributed by atoms with van der Waals surface area (Å²) in [6.07, 6.45) is 9.38. The summed E-state index contributed by atoms with van der Waals surface area (Å²) in [4.78, 5) is 0. The van der Waals surface area contributed by atoms with Crippen LogP contribution >= 0.6 is 0 Å². The fourth-order valence-electron chi connectivity index (χ4n) is 3.07. The Balaban J connectivity index is 1.79. The van der Waals surface area contributed by atoms with E-state index >= 15 is 0 Å². The molecule has 3 nitrogen and oxygen atoms in total. The molecule has 3 heteroatoms. The van der Waals surface area contributed by atoms with E-state index in [4.69, 9.17) is 0 Å². The SMILES string of the molecule is CCCn1cc(CNC2CCC(C)CC2C)cn1. The summed E-state index contributed by atoms with van der Waals surface area (Å²) in [5.41, 5.74) is 1.31. The van der Waals surface area contributed by atoms with Crippen molar-refractivity contribution in [3.8, 4) is 0 Å². The van der Waals surface area contributed by atoms with Crippen molar-refractivity contribution in [3.05, 3.63) is 18.0 Å². The van der Waals surface area contributed by atoms with Gasteiger partial charge in [0.1, 0.15) is 0 Å². The highest BCUT2D eigenvalue weighted by Gasteiger charge is 2.24. The van der Waals surface area contributed by atoms with Gasteiger partial charge in [0.25, 0.3) is 0 Å². The standard InChI is InChI=1S/C15H27N3/c1-4-7-18-11-14(10-17-18)9-16-15-6-5-12(2)8-13(15)3/h10-13,15-16H,4-9H2,1-3H3. The minimum atomic E-state index is 0.690. The molecule has 3 unspecified atom stereocenters. The number of hydrogen-bond donors (Lipinski definition) is 1. The van der Waals surface area contributed by atoms with Gasteiger partial charge in [-0.05, 0) is 37.5 Å². The molecule has 0 radical (unpaired) electrons. The van der Waals surface area contributed by atoms with Crippen LogP contribution in [0, 0.1) is 11.8 Å². The Bertz CT molecular complexity index is 358. The van der Waals surface area contributed by atoms with E-state index < -0.39 is 0 Å². The Morgan fingerprint density at radius 3 is 2.94 bits per heavy atom. The van der Waals surface area contributed by atoms with Crippen molar-refractivity contribution in [2.45, 2.75) is 65.6 Å². The molecule has 1 saturated carbocycles. The number of nitrogens with zero attached hydrogens (tertiary/aromatic N) is 2. The van der Waals surface area contributed by atoms with Crippen LogP contribution in [0.15, 0.2) is 12.4 Å². The van der Waals surface area contributed by atoms with Crippen molar-refractivity contribution >= 4 is 0 Å². The van der Waals surface area contributed by atoms with Crippen molar-refractivity contribution in [1.82, 2.24) is 15.1 Å². The molecular formula is C15H27N3. The van der Waals surface area contributed by atoms with Crippen LogP contribution in [0.2, 0.25) is 0 Å². The molecule has 18 heavy (non-hydrogen) atoms. The number of aryl methyl sites for hydroxylation is 1. The third-order valence-corrected chi connectivity index (χ3v) is 4.14. The molecule has 0 spiro atoms. The number of hydrogen-bond acceptors (Lipinski definition) is 2. The summed E-state index contributed by atoms with van der Waals surface area (Å²) < 4.78 is 2.05. The van der Waals surface area contributed by atoms with E-state index in [1.807, 2.05) is 10.9 Å². The van der Waals surface area contributed by atoms with E-state index in [-0.39, 0.29) is 0 Å². The zero-order valence-electron chi connectivity index (χ0n) is 12.0. The third kappa shape index (κ3) is 3.58. The number of rotatable bonds is 5. The Hall–Kier alpha value is -0.830. The molecule has 1 heterocycles. The molecule has 0 aliphatic heterocycles. The lowest BCUT2D eigenvalue weighted by molar-refractivity contribution is 0.227. The maximum atomic E-state index is 4.38. The molecule has 0 aromatic carbocycles. The Morgan fingerprint density at radius 1 is 1.39 bits per heavy atom. The molecule has 1 aromatic heterocycles. The van der Waals surface area contributed by atoms with Crippen molar-refractivity contribution in [1.29, 1.82) is 0 Å². The third-order valence-electron chi connectivity index (χ3n) is 4.14. The summed E-state index contributed by atoms with van der Waals surface area (Å²) in [5, 5.41) is 8.09. The van der Waals surface area contributed by atoms with Crippen LogP contribution in [0.1, 0.15) is 52.0 Å². The maximum absolute atomic E-state index is 4.38. The Kier molecular flexibility index (Phi) is 4.81. The molecule has 2 rings (SSSR count). The molecule has 3 atom stereocenters. The summed E-state index contributed by atoms with van der Waals surface area (Å²) >= 11 is 0.